The predicted molar refractivity (Wildman–Crippen MR) is 96.9 cm³/mol. The Bertz CT molecular complexity index is 722. The van der Waals surface area contributed by atoms with Crippen molar-refractivity contribution in [2.24, 2.45) is 0 Å². The molecule has 1 aliphatic carbocycles. The molecule has 0 N–H and O–H groups in total. The maximum atomic E-state index is 2.32. The molecule has 113 valence electrons. The zero-order valence-electron chi connectivity index (χ0n) is 14.3. The van der Waals surface area contributed by atoms with E-state index in [1.165, 1.54) is 39.0 Å². The Balaban J connectivity index is 2.10. The standard InChI is InChI=1S/C22H25/c1-6-19-15(2)14-17-8-7-9-20(21(17)19)16-10-12-18(13-11-16)22(3,4)5/h7-14H,6H2,1-5H3. The fourth-order valence-corrected chi connectivity index (χ4v) is 3.39. The molecule has 0 spiro atoms. The van der Waals surface area contributed by atoms with E-state index in [1.54, 1.807) is 0 Å². The molecule has 0 nitrogen and oxygen atoms in total. The van der Waals surface area contributed by atoms with Crippen LogP contribution in [0.5, 0.6) is 0 Å². The van der Waals surface area contributed by atoms with Crippen molar-refractivity contribution in [3.05, 3.63) is 71.1 Å². The summed E-state index contributed by atoms with van der Waals surface area (Å²) in [5, 5.41) is 0. The van der Waals surface area contributed by atoms with Crippen LogP contribution in [0.4, 0.5) is 0 Å². The van der Waals surface area contributed by atoms with Gasteiger partial charge in [0.1, 0.15) is 0 Å². The summed E-state index contributed by atoms with van der Waals surface area (Å²) >= 11 is 0. The van der Waals surface area contributed by atoms with Crippen LogP contribution in [-0.2, 0) is 5.41 Å². The number of allylic oxidation sites excluding steroid dienone is 2. The number of benzene rings is 2. The molecule has 0 atom stereocenters. The smallest absolute Gasteiger partial charge is 0.0164 e. The van der Waals surface area contributed by atoms with E-state index < -0.39 is 0 Å². The van der Waals surface area contributed by atoms with E-state index in [0.717, 1.165) is 6.42 Å². The maximum Gasteiger partial charge on any atom is 0.0164 e. The van der Waals surface area contributed by atoms with E-state index in [9.17, 15) is 0 Å². The zero-order chi connectivity index (χ0) is 15.9. The van der Waals surface area contributed by atoms with Crippen molar-refractivity contribution < 1.29 is 0 Å². The number of hydrogen-bond acceptors (Lipinski definition) is 0. The van der Waals surface area contributed by atoms with Crippen LogP contribution in [-0.4, -0.2) is 0 Å². The Morgan fingerprint density at radius 2 is 1.59 bits per heavy atom. The van der Waals surface area contributed by atoms with Gasteiger partial charge in [0.05, 0.1) is 0 Å². The highest BCUT2D eigenvalue weighted by Crippen LogP contribution is 2.42. The summed E-state index contributed by atoms with van der Waals surface area (Å²) in [6, 6.07) is 15.8. The van der Waals surface area contributed by atoms with E-state index in [2.05, 4.69) is 83.5 Å². The normalized spacial score (nSPS) is 14.4. The van der Waals surface area contributed by atoms with Gasteiger partial charge in [-0.05, 0) is 52.1 Å². The Morgan fingerprint density at radius 3 is 2.18 bits per heavy atom. The third-order valence-corrected chi connectivity index (χ3v) is 4.66. The van der Waals surface area contributed by atoms with Crippen molar-refractivity contribution in [3.8, 4) is 11.1 Å². The van der Waals surface area contributed by atoms with Gasteiger partial charge in [-0.15, -0.1) is 0 Å². The van der Waals surface area contributed by atoms with Crippen LogP contribution >= 0.6 is 0 Å². The van der Waals surface area contributed by atoms with Crippen molar-refractivity contribution in [3.63, 3.8) is 0 Å². The molecule has 0 unspecified atom stereocenters. The molecule has 0 fully saturated rings. The molecule has 22 heavy (non-hydrogen) atoms. The fourth-order valence-electron chi connectivity index (χ4n) is 3.39. The number of hydrogen-bond donors (Lipinski definition) is 0. The second-order valence-corrected chi connectivity index (χ2v) is 7.26. The minimum Gasteiger partial charge on any atom is -0.0613 e. The van der Waals surface area contributed by atoms with Crippen LogP contribution in [0.15, 0.2) is 48.0 Å². The quantitative estimate of drug-likeness (QED) is 0.600. The number of fused-ring (bicyclic) bond motifs is 1. The summed E-state index contributed by atoms with van der Waals surface area (Å²) in [7, 11) is 0. The van der Waals surface area contributed by atoms with E-state index in [4.69, 9.17) is 0 Å². The molecule has 0 heteroatoms. The second-order valence-electron chi connectivity index (χ2n) is 7.26. The van der Waals surface area contributed by atoms with Gasteiger partial charge in [-0.3, -0.25) is 0 Å². The third kappa shape index (κ3) is 2.52. The van der Waals surface area contributed by atoms with Crippen molar-refractivity contribution in [1.29, 1.82) is 0 Å². The predicted octanol–water partition coefficient (Wildman–Crippen LogP) is 6.40. The highest BCUT2D eigenvalue weighted by atomic mass is 14.3. The lowest BCUT2D eigenvalue weighted by Crippen LogP contribution is -2.10. The molecule has 0 amide bonds. The van der Waals surface area contributed by atoms with Gasteiger partial charge in [0, 0.05) is 6.42 Å². The first-order chi connectivity index (χ1) is 10.4. The first-order valence-corrected chi connectivity index (χ1v) is 8.20. The van der Waals surface area contributed by atoms with Gasteiger partial charge in [-0.1, -0.05) is 75.7 Å². The Labute approximate surface area is 134 Å². The van der Waals surface area contributed by atoms with Crippen LogP contribution in [0.2, 0.25) is 0 Å². The summed E-state index contributed by atoms with van der Waals surface area (Å²) < 4.78 is 0. The summed E-state index contributed by atoms with van der Waals surface area (Å²) in [4.78, 5) is 0. The van der Waals surface area contributed by atoms with Crippen molar-refractivity contribution in [1.82, 2.24) is 0 Å². The van der Waals surface area contributed by atoms with Gasteiger partial charge >= 0.3 is 0 Å². The van der Waals surface area contributed by atoms with Crippen molar-refractivity contribution >= 4 is 5.57 Å². The minimum absolute atomic E-state index is 0.204. The molecule has 0 aliphatic heterocycles. The zero-order valence-corrected chi connectivity index (χ0v) is 14.3. The molecule has 2 aromatic rings. The minimum atomic E-state index is 0.204. The Kier molecular flexibility index (Phi) is 3.72. The Hall–Kier alpha value is -1.82. The molecule has 2 aromatic carbocycles. The molecular formula is C22H25. The van der Waals surface area contributed by atoms with Gasteiger partial charge in [0.25, 0.3) is 0 Å². The second kappa shape index (κ2) is 5.43. The molecule has 0 aromatic heterocycles. The van der Waals surface area contributed by atoms with Crippen LogP contribution < -0.4 is 0 Å². The van der Waals surface area contributed by atoms with Crippen molar-refractivity contribution in [2.75, 3.05) is 0 Å². The van der Waals surface area contributed by atoms with Crippen molar-refractivity contribution in [2.45, 2.75) is 46.5 Å². The van der Waals surface area contributed by atoms with Gasteiger partial charge in [0.15, 0.2) is 0 Å². The van der Waals surface area contributed by atoms with Crippen LogP contribution in [0, 0.1) is 6.42 Å². The maximum absolute atomic E-state index is 2.32. The van der Waals surface area contributed by atoms with Crippen LogP contribution in [0.25, 0.3) is 16.7 Å². The topological polar surface area (TPSA) is 0 Å². The van der Waals surface area contributed by atoms with Crippen LogP contribution in [0.1, 0.15) is 57.7 Å². The summed E-state index contributed by atoms with van der Waals surface area (Å²) in [5.74, 6) is 0. The molecule has 1 radical (unpaired) electrons. The molecule has 0 heterocycles. The molecule has 0 saturated carbocycles. The van der Waals surface area contributed by atoms with Crippen LogP contribution in [0.3, 0.4) is 0 Å². The first kappa shape index (κ1) is 15.1. The monoisotopic (exact) mass is 289 g/mol. The lowest BCUT2D eigenvalue weighted by atomic mass is 9.85. The van der Waals surface area contributed by atoms with Gasteiger partial charge in [-0.25, -0.2) is 0 Å². The highest BCUT2D eigenvalue weighted by Gasteiger charge is 2.21. The first-order valence-electron chi connectivity index (χ1n) is 8.20. The molecular weight excluding hydrogens is 264 g/mol. The summed E-state index contributed by atoms with van der Waals surface area (Å²) in [6.07, 6.45) is 3.41. The summed E-state index contributed by atoms with van der Waals surface area (Å²) in [6.45, 7) is 11.3. The van der Waals surface area contributed by atoms with Gasteiger partial charge in [0.2, 0.25) is 0 Å². The number of rotatable bonds is 2. The fraction of sp³-hybridized carbons (Fsp3) is 0.318. The van der Waals surface area contributed by atoms with E-state index in [0.29, 0.717) is 0 Å². The molecule has 0 saturated heterocycles. The van der Waals surface area contributed by atoms with Gasteiger partial charge in [-0.2, -0.15) is 0 Å². The largest absolute Gasteiger partial charge is 0.0613 e. The Morgan fingerprint density at radius 1 is 0.909 bits per heavy atom. The average molecular weight is 289 g/mol. The molecule has 3 rings (SSSR count). The van der Waals surface area contributed by atoms with Gasteiger partial charge < -0.3 is 0 Å². The average Bonchev–Trinajstić information content (AvgIpc) is 2.81. The SMILES string of the molecule is CCC1=C(C)[CH]c2cccc(-c3ccc(C(C)(C)C)cc3)c21. The molecule has 0 bridgehead atoms. The van der Waals surface area contributed by atoms with E-state index in [1.807, 2.05) is 0 Å². The van der Waals surface area contributed by atoms with E-state index >= 15 is 0 Å². The molecule has 1 aliphatic rings. The van der Waals surface area contributed by atoms with E-state index in [-0.39, 0.29) is 5.41 Å². The highest BCUT2D eigenvalue weighted by molar-refractivity contribution is 5.89. The lowest BCUT2D eigenvalue weighted by Gasteiger charge is -2.20. The third-order valence-electron chi connectivity index (χ3n) is 4.66. The summed E-state index contributed by atoms with van der Waals surface area (Å²) in [5.41, 5.74) is 9.98. The lowest BCUT2D eigenvalue weighted by molar-refractivity contribution is 0.590.